The predicted octanol–water partition coefficient (Wildman–Crippen LogP) is 4.53. The summed E-state index contributed by atoms with van der Waals surface area (Å²) in [5.41, 5.74) is 9.67. The summed E-state index contributed by atoms with van der Waals surface area (Å²) in [4.78, 5) is 0. The van der Waals surface area contributed by atoms with Crippen LogP contribution in [-0.4, -0.2) is 15.6 Å². The van der Waals surface area contributed by atoms with E-state index < -0.39 is 0 Å². The molecule has 0 spiro atoms. The molecule has 0 amide bonds. The minimum Gasteiger partial charge on any atom is -0.350 e. The Balaban J connectivity index is 1.87. The first kappa shape index (κ1) is 15.5. The van der Waals surface area contributed by atoms with Crippen molar-refractivity contribution in [3.05, 3.63) is 23.5 Å². The molecule has 2 aliphatic rings. The second kappa shape index (κ2) is 5.66. The minimum absolute atomic E-state index is 0.224. The summed E-state index contributed by atoms with van der Waals surface area (Å²) in [5.74, 6) is 0. The maximum Gasteiger partial charge on any atom is 0.0369 e. The summed E-state index contributed by atoms with van der Waals surface area (Å²) in [6.07, 6.45) is 13.8. The van der Waals surface area contributed by atoms with Crippen LogP contribution in [0.4, 0.5) is 0 Å². The summed E-state index contributed by atoms with van der Waals surface area (Å²) in [5, 5.41) is 0. The molecule has 21 heavy (non-hydrogen) atoms. The molecule has 3 heteroatoms. The zero-order chi connectivity index (χ0) is 15.1. The van der Waals surface area contributed by atoms with E-state index in [1.54, 1.807) is 0 Å². The van der Waals surface area contributed by atoms with Gasteiger partial charge in [-0.2, -0.15) is 11.8 Å². The largest absolute Gasteiger partial charge is 0.350 e. The maximum absolute atomic E-state index is 6.42. The van der Waals surface area contributed by atoms with Gasteiger partial charge in [0.1, 0.15) is 0 Å². The molecular weight excluding hydrogens is 276 g/mol. The highest BCUT2D eigenvalue weighted by atomic mass is 32.2. The quantitative estimate of drug-likeness (QED) is 0.889. The van der Waals surface area contributed by atoms with Crippen molar-refractivity contribution in [1.29, 1.82) is 0 Å². The molecule has 0 radical (unpaired) electrons. The van der Waals surface area contributed by atoms with Crippen LogP contribution >= 0.6 is 11.8 Å². The van der Waals surface area contributed by atoms with Gasteiger partial charge in [0, 0.05) is 29.2 Å². The van der Waals surface area contributed by atoms with Gasteiger partial charge >= 0.3 is 0 Å². The molecule has 2 nitrogen and oxygen atoms in total. The van der Waals surface area contributed by atoms with Gasteiger partial charge in [-0.05, 0) is 49.0 Å². The highest BCUT2D eigenvalue weighted by molar-refractivity contribution is 8.00. The van der Waals surface area contributed by atoms with Crippen LogP contribution in [0.25, 0.3) is 0 Å². The van der Waals surface area contributed by atoms with Crippen molar-refractivity contribution >= 4 is 11.8 Å². The minimum atomic E-state index is 0.224. The normalized spacial score (nSPS) is 27.3. The Morgan fingerprint density at radius 1 is 1.29 bits per heavy atom. The zero-order valence-corrected chi connectivity index (χ0v) is 14.6. The van der Waals surface area contributed by atoms with E-state index in [4.69, 9.17) is 5.73 Å². The molecule has 0 saturated heterocycles. The average molecular weight is 307 g/mol. The van der Waals surface area contributed by atoms with Crippen molar-refractivity contribution in [3.8, 4) is 0 Å². The lowest BCUT2D eigenvalue weighted by molar-refractivity contribution is 0.270. The Bertz CT molecular complexity index is 497. The summed E-state index contributed by atoms with van der Waals surface area (Å²) in [6.45, 7) is 5.89. The number of rotatable bonds is 3. The lowest BCUT2D eigenvalue weighted by Gasteiger charge is -2.39. The number of thioether (sulfide) groups is 1. The number of nitrogens with two attached hydrogens (primary N) is 1. The molecule has 118 valence electrons. The van der Waals surface area contributed by atoms with E-state index in [-0.39, 0.29) is 6.04 Å². The number of hydrogen-bond donors (Lipinski definition) is 1. The van der Waals surface area contributed by atoms with Crippen LogP contribution in [0, 0.1) is 5.41 Å². The smallest absolute Gasteiger partial charge is 0.0369 e. The Morgan fingerprint density at radius 2 is 2.00 bits per heavy atom. The second-order valence-corrected chi connectivity index (χ2v) is 9.22. The molecule has 3 rings (SSSR count). The molecule has 1 unspecified atom stereocenters. The Labute approximate surface area is 133 Å². The fraction of sp³-hybridized carbons (Fsp3) is 0.778. The highest BCUT2D eigenvalue weighted by Gasteiger charge is 2.36. The summed E-state index contributed by atoms with van der Waals surface area (Å²) < 4.78 is 2.99. The number of hydrogen-bond acceptors (Lipinski definition) is 2. The van der Waals surface area contributed by atoms with Gasteiger partial charge in [-0.1, -0.05) is 33.1 Å². The monoisotopic (exact) mass is 306 g/mol. The molecule has 2 N–H and O–H groups in total. The maximum atomic E-state index is 6.42. The van der Waals surface area contributed by atoms with E-state index in [1.807, 2.05) is 0 Å². The molecule has 1 heterocycles. The van der Waals surface area contributed by atoms with Crippen LogP contribution in [0.5, 0.6) is 0 Å². The van der Waals surface area contributed by atoms with E-state index >= 15 is 0 Å². The Hall–Kier alpha value is -0.410. The van der Waals surface area contributed by atoms with Crippen molar-refractivity contribution in [2.24, 2.45) is 11.1 Å². The van der Waals surface area contributed by atoms with E-state index in [9.17, 15) is 0 Å². The van der Waals surface area contributed by atoms with Crippen molar-refractivity contribution in [3.63, 3.8) is 0 Å². The van der Waals surface area contributed by atoms with Gasteiger partial charge in [0.25, 0.3) is 0 Å². The van der Waals surface area contributed by atoms with E-state index in [0.717, 1.165) is 6.42 Å². The Morgan fingerprint density at radius 3 is 2.67 bits per heavy atom. The van der Waals surface area contributed by atoms with Crippen LogP contribution in [0.2, 0.25) is 0 Å². The van der Waals surface area contributed by atoms with Gasteiger partial charge in [0.15, 0.2) is 0 Å². The molecule has 0 aliphatic heterocycles. The Kier molecular flexibility index (Phi) is 4.17. The van der Waals surface area contributed by atoms with Gasteiger partial charge < -0.3 is 10.3 Å². The molecule has 1 aromatic heterocycles. The van der Waals surface area contributed by atoms with Gasteiger partial charge in [-0.3, -0.25) is 0 Å². The molecule has 2 aliphatic carbocycles. The highest BCUT2D eigenvalue weighted by Crippen LogP contribution is 2.43. The second-order valence-electron chi connectivity index (χ2n) is 7.95. The number of fused-ring (bicyclic) bond motifs is 1. The summed E-state index contributed by atoms with van der Waals surface area (Å²) in [6, 6.07) is 2.51. The molecule has 0 aromatic carbocycles. The first-order valence-electron chi connectivity index (χ1n) is 8.43. The number of nitrogens with zero attached hydrogens (tertiary/aromatic N) is 1. The average Bonchev–Trinajstić information content (AvgIpc) is 2.81. The standard InChI is InChI=1S/C18H30N2S/c1-17(2)11-15(19)14-7-10-20(16(14)12-17)13-18(21-3)8-5-4-6-9-18/h7,10,15H,4-6,8-9,11-13,19H2,1-3H3. The van der Waals surface area contributed by atoms with Gasteiger partial charge in [0.2, 0.25) is 0 Å². The lowest BCUT2D eigenvalue weighted by atomic mass is 9.74. The lowest BCUT2D eigenvalue weighted by Crippen LogP contribution is -2.35. The topological polar surface area (TPSA) is 30.9 Å². The third-order valence-electron chi connectivity index (χ3n) is 5.59. The molecular formula is C18H30N2S. The first-order valence-corrected chi connectivity index (χ1v) is 9.66. The molecule has 1 aromatic rings. The fourth-order valence-corrected chi connectivity index (χ4v) is 5.34. The van der Waals surface area contributed by atoms with Gasteiger partial charge in [-0.25, -0.2) is 0 Å². The van der Waals surface area contributed by atoms with Crippen molar-refractivity contribution in [1.82, 2.24) is 4.57 Å². The summed E-state index contributed by atoms with van der Waals surface area (Å²) >= 11 is 2.09. The van der Waals surface area contributed by atoms with Crippen LogP contribution in [0.3, 0.4) is 0 Å². The van der Waals surface area contributed by atoms with Crippen LogP contribution in [0.1, 0.15) is 69.7 Å². The van der Waals surface area contributed by atoms with Crippen LogP contribution < -0.4 is 5.73 Å². The fourth-order valence-electron chi connectivity index (χ4n) is 4.38. The van der Waals surface area contributed by atoms with E-state index in [2.05, 4.69) is 48.7 Å². The molecule has 0 bridgehead atoms. The first-order chi connectivity index (χ1) is 9.95. The van der Waals surface area contributed by atoms with Crippen LogP contribution in [-0.2, 0) is 13.0 Å². The molecule has 1 saturated carbocycles. The van der Waals surface area contributed by atoms with Crippen molar-refractivity contribution in [2.45, 2.75) is 76.1 Å². The predicted molar refractivity (Wildman–Crippen MR) is 92.8 cm³/mol. The zero-order valence-electron chi connectivity index (χ0n) is 13.8. The number of aromatic nitrogens is 1. The van der Waals surface area contributed by atoms with Crippen molar-refractivity contribution in [2.75, 3.05) is 6.26 Å². The summed E-state index contributed by atoms with van der Waals surface area (Å²) in [7, 11) is 0. The van der Waals surface area contributed by atoms with Gasteiger partial charge in [-0.15, -0.1) is 0 Å². The molecule has 1 fully saturated rings. The van der Waals surface area contributed by atoms with Gasteiger partial charge in [0.05, 0.1) is 0 Å². The third-order valence-corrected chi connectivity index (χ3v) is 6.99. The van der Waals surface area contributed by atoms with E-state index in [0.29, 0.717) is 10.2 Å². The SMILES string of the molecule is CSC1(Cn2ccc3c2CC(C)(C)CC3N)CCCCC1. The van der Waals surface area contributed by atoms with Crippen molar-refractivity contribution < 1.29 is 0 Å². The molecule has 1 atom stereocenters. The van der Waals surface area contributed by atoms with E-state index in [1.165, 1.54) is 56.3 Å². The van der Waals surface area contributed by atoms with Crippen LogP contribution in [0.15, 0.2) is 12.3 Å². The third kappa shape index (κ3) is 3.05.